The van der Waals surface area contributed by atoms with Gasteiger partial charge in [0, 0.05) is 9.64 Å². The SMILES string of the molecule is O=C(Nc1ccccc1I)Nc1ccccc1[N+](=O)[O-]. The molecule has 0 fully saturated rings. The molecule has 20 heavy (non-hydrogen) atoms. The van der Waals surface area contributed by atoms with Crippen molar-refractivity contribution in [2.24, 2.45) is 0 Å². The maximum Gasteiger partial charge on any atom is 0.323 e. The van der Waals surface area contributed by atoms with Crippen LogP contribution in [0.4, 0.5) is 21.9 Å². The van der Waals surface area contributed by atoms with Crippen LogP contribution in [0.15, 0.2) is 48.5 Å². The van der Waals surface area contributed by atoms with Gasteiger partial charge in [-0.05, 0) is 40.8 Å². The van der Waals surface area contributed by atoms with Crippen LogP contribution in [0.2, 0.25) is 0 Å². The first-order valence-electron chi connectivity index (χ1n) is 5.64. The van der Waals surface area contributed by atoms with Gasteiger partial charge in [-0.15, -0.1) is 0 Å². The Balaban J connectivity index is 2.13. The Labute approximate surface area is 128 Å². The number of carbonyl (C=O) groups excluding carboxylic acids is 1. The third kappa shape index (κ3) is 3.44. The van der Waals surface area contributed by atoms with Gasteiger partial charge in [0.15, 0.2) is 0 Å². The summed E-state index contributed by atoms with van der Waals surface area (Å²) in [5.41, 5.74) is 0.649. The lowest BCUT2D eigenvalue weighted by atomic mass is 10.2. The molecule has 2 N–H and O–H groups in total. The van der Waals surface area contributed by atoms with Crippen molar-refractivity contribution in [1.82, 2.24) is 0 Å². The standard InChI is InChI=1S/C13H10IN3O3/c14-9-5-1-2-6-10(9)15-13(18)16-11-7-3-4-8-12(11)17(19)20/h1-8H,(H2,15,16,18). The van der Waals surface area contributed by atoms with Gasteiger partial charge < -0.3 is 10.6 Å². The van der Waals surface area contributed by atoms with Gasteiger partial charge in [0.2, 0.25) is 0 Å². The molecule has 0 saturated carbocycles. The number of nitrogens with one attached hydrogen (secondary N) is 2. The number of nitrogens with zero attached hydrogens (tertiary/aromatic N) is 1. The van der Waals surface area contributed by atoms with E-state index in [0.717, 1.165) is 3.57 Å². The van der Waals surface area contributed by atoms with Crippen LogP contribution >= 0.6 is 22.6 Å². The Morgan fingerprint density at radius 3 is 2.20 bits per heavy atom. The summed E-state index contributed by atoms with van der Waals surface area (Å²) in [4.78, 5) is 22.2. The molecule has 2 rings (SSSR count). The average molecular weight is 383 g/mol. The lowest BCUT2D eigenvalue weighted by Gasteiger charge is -2.09. The van der Waals surface area contributed by atoms with E-state index in [2.05, 4.69) is 33.2 Å². The number of amides is 2. The number of anilines is 2. The second-order valence-electron chi connectivity index (χ2n) is 3.83. The largest absolute Gasteiger partial charge is 0.323 e. The van der Waals surface area contributed by atoms with E-state index in [4.69, 9.17) is 0 Å². The minimum absolute atomic E-state index is 0.148. The number of rotatable bonds is 3. The third-order valence-electron chi connectivity index (χ3n) is 2.47. The van der Waals surface area contributed by atoms with E-state index in [1.165, 1.54) is 12.1 Å². The van der Waals surface area contributed by atoms with Crippen molar-refractivity contribution in [3.8, 4) is 0 Å². The number of halogens is 1. The maximum absolute atomic E-state index is 11.9. The highest BCUT2D eigenvalue weighted by Crippen LogP contribution is 2.23. The van der Waals surface area contributed by atoms with Crippen molar-refractivity contribution in [1.29, 1.82) is 0 Å². The molecule has 0 unspecified atom stereocenters. The highest BCUT2D eigenvalue weighted by atomic mass is 127. The van der Waals surface area contributed by atoms with Crippen LogP contribution in [0.1, 0.15) is 0 Å². The molecule has 0 aliphatic carbocycles. The summed E-state index contributed by atoms with van der Waals surface area (Å²) in [6, 6.07) is 12.7. The van der Waals surface area contributed by atoms with Gasteiger partial charge in [0.1, 0.15) is 5.69 Å². The minimum Gasteiger partial charge on any atom is -0.307 e. The Morgan fingerprint density at radius 1 is 1.00 bits per heavy atom. The van der Waals surface area contributed by atoms with E-state index in [1.807, 2.05) is 12.1 Å². The topological polar surface area (TPSA) is 84.3 Å². The first-order valence-corrected chi connectivity index (χ1v) is 6.72. The molecule has 0 saturated heterocycles. The van der Waals surface area contributed by atoms with Gasteiger partial charge in [-0.1, -0.05) is 24.3 Å². The normalized spacial score (nSPS) is 9.85. The molecule has 0 aliphatic heterocycles. The maximum atomic E-state index is 11.9. The van der Waals surface area contributed by atoms with Gasteiger partial charge in [-0.2, -0.15) is 0 Å². The average Bonchev–Trinajstić information content (AvgIpc) is 2.41. The lowest BCUT2D eigenvalue weighted by Crippen LogP contribution is -2.20. The number of nitro benzene ring substituents is 1. The zero-order chi connectivity index (χ0) is 14.5. The molecule has 0 atom stereocenters. The van der Waals surface area contributed by atoms with E-state index < -0.39 is 11.0 Å². The predicted molar refractivity (Wildman–Crippen MR) is 84.9 cm³/mol. The molecular weight excluding hydrogens is 373 g/mol. The highest BCUT2D eigenvalue weighted by Gasteiger charge is 2.14. The van der Waals surface area contributed by atoms with Crippen molar-refractivity contribution >= 4 is 45.7 Å². The summed E-state index contributed by atoms with van der Waals surface area (Å²) in [5.74, 6) is 0. The summed E-state index contributed by atoms with van der Waals surface area (Å²) < 4.78 is 0.878. The van der Waals surface area contributed by atoms with E-state index in [-0.39, 0.29) is 11.4 Å². The highest BCUT2D eigenvalue weighted by molar-refractivity contribution is 14.1. The van der Waals surface area contributed by atoms with Crippen LogP contribution in [0.5, 0.6) is 0 Å². The van der Waals surface area contributed by atoms with Crippen molar-refractivity contribution in [2.75, 3.05) is 10.6 Å². The smallest absolute Gasteiger partial charge is 0.307 e. The number of para-hydroxylation sites is 3. The van der Waals surface area contributed by atoms with Crippen LogP contribution < -0.4 is 10.6 Å². The number of urea groups is 1. The molecule has 0 radical (unpaired) electrons. The molecule has 2 aromatic rings. The van der Waals surface area contributed by atoms with Crippen molar-refractivity contribution < 1.29 is 9.72 Å². The first kappa shape index (κ1) is 14.3. The molecule has 6 nitrogen and oxygen atoms in total. The van der Waals surface area contributed by atoms with Gasteiger partial charge in [-0.25, -0.2) is 4.79 Å². The van der Waals surface area contributed by atoms with Crippen LogP contribution in [-0.4, -0.2) is 11.0 Å². The predicted octanol–water partition coefficient (Wildman–Crippen LogP) is 3.84. The molecule has 2 aromatic carbocycles. The Kier molecular flexibility index (Phi) is 4.51. The zero-order valence-electron chi connectivity index (χ0n) is 10.2. The summed E-state index contributed by atoms with van der Waals surface area (Å²) in [6.45, 7) is 0. The van der Waals surface area contributed by atoms with E-state index in [9.17, 15) is 14.9 Å². The Hall–Kier alpha value is -2.16. The third-order valence-corrected chi connectivity index (χ3v) is 3.41. The second-order valence-corrected chi connectivity index (χ2v) is 5.00. The number of nitro groups is 1. The lowest BCUT2D eigenvalue weighted by molar-refractivity contribution is -0.383. The van der Waals surface area contributed by atoms with Crippen LogP contribution in [-0.2, 0) is 0 Å². The minimum atomic E-state index is -0.540. The van der Waals surface area contributed by atoms with E-state index in [0.29, 0.717) is 5.69 Å². The number of hydrogen-bond acceptors (Lipinski definition) is 3. The molecule has 0 aliphatic rings. The van der Waals surface area contributed by atoms with Gasteiger partial charge in [0.05, 0.1) is 10.6 Å². The summed E-state index contributed by atoms with van der Waals surface area (Å²) >= 11 is 2.09. The van der Waals surface area contributed by atoms with Gasteiger partial charge in [0.25, 0.3) is 5.69 Å². The first-order chi connectivity index (χ1) is 9.58. The molecule has 2 amide bonds. The van der Waals surface area contributed by atoms with Gasteiger partial charge in [-0.3, -0.25) is 10.1 Å². The molecule has 7 heteroatoms. The fraction of sp³-hybridized carbons (Fsp3) is 0. The van der Waals surface area contributed by atoms with Crippen molar-refractivity contribution in [3.05, 3.63) is 62.2 Å². The quantitative estimate of drug-likeness (QED) is 0.480. The van der Waals surface area contributed by atoms with Crippen LogP contribution in [0, 0.1) is 13.7 Å². The molecule has 0 aromatic heterocycles. The van der Waals surface area contributed by atoms with E-state index >= 15 is 0 Å². The molecule has 0 spiro atoms. The molecule has 0 bridgehead atoms. The van der Waals surface area contributed by atoms with Crippen molar-refractivity contribution in [3.63, 3.8) is 0 Å². The molecule has 0 heterocycles. The zero-order valence-corrected chi connectivity index (χ0v) is 12.3. The summed E-state index contributed by atoms with van der Waals surface area (Å²) in [5, 5.41) is 16.0. The van der Waals surface area contributed by atoms with Crippen LogP contribution in [0.25, 0.3) is 0 Å². The number of benzene rings is 2. The van der Waals surface area contributed by atoms with Crippen LogP contribution in [0.3, 0.4) is 0 Å². The Bertz CT molecular complexity index is 661. The molecular formula is C13H10IN3O3. The van der Waals surface area contributed by atoms with Gasteiger partial charge >= 0.3 is 6.03 Å². The van der Waals surface area contributed by atoms with E-state index in [1.54, 1.807) is 24.3 Å². The fourth-order valence-electron chi connectivity index (χ4n) is 1.58. The number of carbonyl (C=O) groups is 1. The van der Waals surface area contributed by atoms with Crippen molar-refractivity contribution in [2.45, 2.75) is 0 Å². The monoisotopic (exact) mass is 383 g/mol. The Morgan fingerprint density at radius 2 is 1.55 bits per heavy atom. The second kappa shape index (κ2) is 6.33. The summed E-state index contributed by atoms with van der Waals surface area (Å²) in [6.07, 6.45) is 0. The molecule has 102 valence electrons. The summed E-state index contributed by atoms with van der Waals surface area (Å²) in [7, 11) is 0. The fourth-order valence-corrected chi connectivity index (χ4v) is 2.10. The number of hydrogen-bond donors (Lipinski definition) is 2.